The number of imidazole rings is 1. The molecule has 2 heterocycles. The molecular formula is C12H12BrN3O. The van der Waals surface area contributed by atoms with E-state index < -0.39 is 0 Å². The van der Waals surface area contributed by atoms with E-state index in [1.54, 1.807) is 6.20 Å². The van der Waals surface area contributed by atoms with Gasteiger partial charge in [-0.25, -0.2) is 4.98 Å². The fourth-order valence-corrected chi connectivity index (χ4v) is 2.27. The van der Waals surface area contributed by atoms with E-state index in [9.17, 15) is 4.79 Å². The summed E-state index contributed by atoms with van der Waals surface area (Å²) in [6.45, 7) is 0.776. The second kappa shape index (κ2) is 4.14. The Morgan fingerprint density at radius 2 is 2.41 bits per heavy atom. The second-order valence-corrected chi connectivity index (χ2v) is 5.30. The van der Waals surface area contributed by atoms with Gasteiger partial charge in [-0.05, 0) is 40.8 Å². The number of aromatic nitrogens is 2. The first-order chi connectivity index (χ1) is 8.24. The molecule has 0 aromatic carbocycles. The van der Waals surface area contributed by atoms with Crippen molar-refractivity contribution in [3.63, 3.8) is 0 Å². The van der Waals surface area contributed by atoms with Crippen molar-refractivity contribution >= 4 is 27.5 Å². The van der Waals surface area contributed by atoms with Gasteiger partial charge in [0.05, 0.1) is 5.56 Å². The van der Waals surface area contributed by atoms with Crippen molar-refractivity contribution < 1.29 is 4.79 Å². The van der Waals surface area contributed by atoms with Gasteiger partial charge in [-0.15, -0.1) is 0 Å². The minimum Gasteiger partial charge on any atom is -0.352 e. The fourth-order valence-electron chi connectivity index (χ4n) is 1.82. The van der Waals surface area contributed by atoms with Crippen LogP contribution in [0.15, 0.2) is 29.1 Å². The number of carbonyl (C=O) groups is 1. The topological polar surface area (TPSA) is 46.4 Å². The van der Waals surface area contributed by atoms with Crippen LogP contribution in [-0.4, -0.2) is 21.8 Å². The first-order valence-corrected chi connectivity index (χ1v) is 6.44. The Morgan fingerprint density at radius 3 is 3.18 bits per heavy atom. The molecule has 1 aliphatic rings. The van der Waals surface area contributed by atoms with Crippen molar-refractivity contribution in [3.8, 4) is 0 Å². The maximum atomic E-state index is 12.1. The predicted octanol–water partition coefficient (Wildman–Crippen LogP) is 2.24. The van der Waals surface area contributed by atoms with Gasteiger partial charge in [-0.1, -0.05) is 0 Å². The molecule has 0 spiro atoms. The molecule has 5 heteroatoms. The standard InChI is InChI=1S/C12H12BrN3O/c13-9-5-10(11-14-3-4-16(11)7-9)12(17)15-6-8-1-2-8/h3-5,7-8H,1-2,6H2,(H,15,17). The summed E-state index contributed by atoms with van der Waals surface area (Å²) < 4.78 is 2.72. The molecule has 1 aliphatic carbocycles. The maximum absolute atomic E-state index is 12.1. The number of rotatable bonds is 3. The quantitative estimate of drug-likeness (QED) is 0.943. The largest absolute Gasteiger partial charge is 0.352 e. The zero-order valence-corrected chi connectivity index (χ0v) is 10.8. The second-order valence-electron chi connectivity index (χ2n) is 4.38. The van der Waals surface area contributed by atoms with Gasteiger partial charge in [-0.3, -0.25) is 4.79 Å². The zero-order chi connectivity index (χ0) is 11.8. The highest BCUT2D eigenvalue weighted by Crippen LogP contribution is 2.27. The number of nitrogens with zero attached hydrogens (tertiary/aromatic N) is 2. The third-order valence-electron chi connectivity index (χ3n) is 2.95. The number of hydrogen-bond donors (Lipinski definition) is 1. The van der Waals surface area contributed by atoms with Crippen molar-refractivity contribution in [2.24, 2.45) is 5.92 Å². The molecule has 4 nitrogen and oxygen atoms in total. The highest BCUT2D eigenvalue weighted by atomic mass is 79.9. The molecule has 1 saturated carbocycles. The molecule has 1 fully saturated rings. The molecule has 0 bridgehead atoms. The number of halogens is 1. The van der Waals surface area contributed by atoms with Crippen molar-refractivity contribution in [1.29, 1.82) is 0 Å². The molecular weight excluding hydrogens is 282 g/mol. The predicted molar refractivity (Wildman–Crippen MR) is 67.9 cm³/mol. The summed E-state index contributed by atoms with van der Waals surface area (Å²) in [5.41, 5.74) is 1.31. The minimum atomic E-state index is -0.0469. The van der Waals surface area contributed by atoms with Gasteiger partial charge in [0, 0.05) is 29.6 Å². The first kappa shape index (κ1) is 10.8. The Bertz CT molecular complexity index is 574. The van der Waals surface area contributed by atoms with Gasteiger partial charge >= 0.3 is 0 Å². The Labute approximate surface area is 107 Å². The summed E-state index contributed by atoms with van der Waals surface area (Å²) in [6, 6.07) is 1.81. The van der Waals surface area contributed by atoms with Crippen LogP contribution in [0.25, 0.3) is 5.65 Å². The number of nitrogens with one attached hydrogen (secondary N) is 1. The summed E-state index contributed by atoms with van der Waals surface area (Å²) >= 11 is 3.40. The highest BCUT2D eigenvalue weighted by molar-refractivity contribution is 9.10. The number of amides is 1. The van der Waals surface area contributed by atoms with Crippen molar-refractivity contribution in [3.05, 3.63) is 34.7 Å². The molecule has 0 saturated heterocycles. The Hall–Kier alpha value is -1.36. The van der Waals surface area contributed by atoms with Crippen LogP contribution >= 0.6 is 15.9 Å². The van der Waals surface area contributed by atoms with Crippen molar-refractivity contribution in [1.82, 2.24) is 14.7 Å². The van der Waals surface area contributed by atoms with Gasteiger partial charge in [-0.2, -0.15) is 0 Å². The van der Waals surface area contributed by atoms with Gasteiger partial charge in [0.2, 0.25) is 0 Å². The van der Waals surface area contributed by atoms with E-state index in [0.29, 0.717) is 17.1 Å². The molecule has 2 aromatic rings. The molecule has 0 aliphatic heterocycles. The molecule has 1 amide bonds. The Kier molecular flexibility index (Phi) is 2.63. The molecule has 17 heavy (non-hydrogen) atoms. The third kappa shape index (κ3) is 2.20. The number of hydrogen-bond acceptors (Lipinski definition) is 2. The van der Waals surface area contributed by atoms with E-state index in [4.69, 9.17) is 0 Å². The van der Waals surface area contributed by atoms with Crippen LogP contribution in [0.1, 0.15) is 23.2 Å². The van der Waals surface area contributed by atoms with E-state index in [0.717, 1.165) is 11.0 Å². The monoisotopic (exact) mass is 293 g/mol. The SMILES string of the molecule is O=C(NCC1CC1)c1cc(Br)cn2ccnc12. The lowest BCUT2D eigenvalue weighted by atomic mass is 10.2. The third-order valence-corrected chi connectivity index (χ3v) is 3.38. The molecule has 0 unspecified atom stereocenters. The summed E-state index contributed by atoms with van der Waals surface area (Å²) in [7, 11) is 0. The zero-order valence-electron chi connectivity index (χ0n) is 9.19. The summed E-state index contributed by atoms with van der Waals surface area (Å²) in [5, 5.41) is 2.96. The summed E-state index contributed by atoms with van der Waals surface area (Å²) in [5.74, 6) is 0.635. The average Bonchev–Trinajstić information content (AvgIpc) is 3.02. The van der Waals surface area contributed by atoms with Crippen LogP contribution in [0.3, 0.4) is 0 Å². The van der Waals surface area contributed by atoms with Crippen LogP contribution in [0.5, 0.6) is 0 Å². The van der Waals surface area contributed by atoms with Crippen molar-refractivity contribution in [2.45, 2.75) is 12.8 Å². The first-order valence-electron chi connectivity index (χ1n) is 5.64. The Morgan fingerprint density at radius 1 is 1.59 bits per heavy atom. The Balaban J connectivity index is 1.91. The lowest BCUT2D eigenvalue weighted by Gasteiger charge is -2.06. The van der Waals surface area contributed by atoms with Crippen LogP contribution in [0.4, 0.5) is 0 Å². The normalized spacial score (nSPS) is 15.1. The van der Waals surface area contributed by atoms with E-state index in [1.165, 1.54) is 12.8 Å². The van der Waals surface area contributed by atoms with Gasteiger partial charge < -0.3 is 9.72 Å². The fraction of sp³-hybridized carbons (Fsp3) is 0.333. The molecule has 0 radical (unpaired) electrons. The maximum Gasteiger partial charge on any atom is 0.255 e. The number of carbonyl (C=O) groups excluding carboxylic acids is 1. The molecule has 0 atom stereocenters. The van der Waals surface area contributed by atoms with Crippen LogP contribution in [0, 0.1) is 5.92 Å². The summed E-state index contributed by atoms with van der Waals surface area (Å²) in [6.07, 6.45) is 7.88. The van der Waals surface area contributed by atoms with E-state index in [-0.39, 0.29) is 5.91 Å². The van der Waals surface area contributed by atoms with Gasteiger partial charge in [0.25, 0.3) is 5.91 Å². The van der Waals surface area contributed by atoms with Crippen LogP contribution < -0.4 is 5.32 Å². The average molecular weight is 294 g/mol. The van der Waals surface area contributed by atoms with Gasteiger partial charge in [0.15, 0.2) is 0 Å². The molecule has 2 aromatic heterocycles. The van der Waals surface area contributed by atoms with Crippen LogP contribution in [0.2, 0.25) is 0 Å². The minimum absolute atomic E-state index is 0.0469. The van der Waals surface area contributed by atoms with E-state index in [2.05, 4.69) is 26.2 Å². The lowest BCUT2D eigenvalue weighted by Crippen LogP contribution is -2.26. The van der Waals surface area contributed by atoms with Crippen LogP contribution in [-0.2, 0) is 0 Å². The number of fused-ring (bicyclic) bond motifs is 1. The van der Waals surface area contributed by atoms with E-state index >= 15 is 0 Å². The molecule has 3 rings (SSSR count). The summed E-state index contributed by atoms with van der Waals surface area (Å²) in [4.78, 5) is 16.3. The molecule has 1 N–H and O–H groups in total. The number of pyridine rings is 1. The lowest BCUT2D eigenvalue weighted by molar-refractivity contribution is 0.0953. The van der Waals surface area contributed by atoms with Crippen molar-refractivity contribution in [2.75, 3.05) is 6.54 Å². The van der Waals surface area contributed by atoms with E-state index in [1.807, 2.05) is 22.9 Å². The smallest absolute Gasteiger partial charge is 0.255 e. The highest BCUT2D eigenvalue weighted by Gasteiger charge is 2.22. The van der Waals surface area contributed by atoms with Gasteiger partial charge in [0.1, 0.15) is 5.65 Å². The molecule has 88 valence electrons.